The molecule has 0 aliphatic heterocycles. The highest BCUT2D eigenvalue weighted by molar-refractivity contribution is 5.94. The van der Waals surface area contributed by atoms with Crippen molar-refractivity contribution in [2.75, 3.05) is 6.67 Å². The van der Waals surface area contributed by atoms with Gasteiger partial charge in [0.2, 0.25) is 5.91 Å². The molecule has 0 saturated heterocycles. The minimum Gasteiger partial charge on any atom is -0.338 e. The summed E-state index contributed by atoms with van der Waals surface area (Å²) in [6.07, 6.45) is 0. The van der Waals surface area contributed by atoms with Gasteiger partial charge in [-0.15, -0.1) is 0 Å². The summed E-state index contributed by atoms with van der Waals surface area (Å²) >= 11 is 0. The van der Waals surface area contributed by atoms with Crippen LogP contribution in [-0.2, 0) is 4.79 Å². The molecule has 0 atom stereocenters. The molecule has 0 unspecified atom stereocenters. The number of hydrogen-bond acceptors (Lipinski definition) is 2. The predicted molar refractivity (Wildman–Crippen MR) is 66.4 cm³/mol. The highest BCUT2D eigenvalue weighted by atomic mass is 16.2. The van der Waals surface area contributed by atoms with Crippen LogP contribution in [0, 0.1) is 5.41 Å². The smallest absolute Gasteiger partial charge is 0.252 e. The van der Waals surface area contributed by atoms with E-state index in [1.54, 1.807) is 24.3 Å². The van der Waals surface area contributed by atoms with Crippen molar-refractivity contribution in [2.24, 2.45) is 5.41 Å². The van der Waals surface area contributed by atoms with E-state index < -0.39 is 5.41 Å². The number of hydrogen-bond donors (Lipinski definition) is 2. The molecule has 4 nitrogen and oxygen atoms in total. The van der Waals surface area contributed by atoms with Crippen LogP contribution in [0.2, 0.25) is 0 Å². The summed E-state index contributed by atoms with van der Waals surface area (Å²) in [4.78, 5) is 23.1. The Morgan fingerprint density at radius 1 is 1.06 bits per heavy atom. The highest BCUT2D eigenvalue weighted by Crippen LogP contribution is 2.11. The molecule has 0 spiro atoms. The molecule has 1 aromatic rings. The normalized spacial score (nSPS) is 10.8. The van der Waals surface area contributed by atoms with E-state index >= 15 is 0 Å². The molecule has 0 fully saturated rings. The third-order valence-electron chi connectivity index (χ3n) is 2.22. The second-order valence-electron chi connectivity index (χ2n) is 4.80. The number of nitrogens with one attached hydrogen (secondary N) is 2. The minimum absolute atomic E-state index is 0.0918. The lowest BCUT2D eigenvalue weighted by Crippen LogP contribution is -2.42. The average molecular weight is 234 g/mol. The molecule has 1 aromatic carbocycles. The van der Waals surface area contributed by atoms with E-state index in [-0.39, 0.29) is 18.5 Å². The van der Waals surface area contributed by atoms with Crippen LogP contribution < -0.4 is 10.6 Å². The molecular formula is C13H18N2O2. The van der Waals surface area contributed by atoms with Crippen LogP contribution in [0.5, 0.6) is 0 Å². The van der Waals surface area contributed by atoms with Gasteiger partial charge in [0.15, 0.2) is 0 Å². The maximum Gasteiger partial charge on any atom is 0.252 e. The molecule has 1 rings (SSSR count). The Kier molecular flexibility index (Phi) is 4.26. The lowest BCUT2D eigenvalue weighted by molar-refractivity contribution is -0.128. The predicted octanol–water partition coefficient (Wildman–Crippen LogP) is 1.54. The van der Waals surface area contributed by atoms with Crippen molar-refractivity contribution in [3.05, 3.63) is 35.9 Å². The fraction of sp³-hybridized carbons (Fsp3) is 0.385. The molecular weight excluding hydrogens is 216 g/mol. The van der Waals surface area contributed by atoms with Crippen LogP contribution in [0.1, 0.15) is 31.1 Å². The van der Waals surface area contributed by atoms with Crippen LogP contribution in [-0.4, -0.2) is 18.5 Å². The number of carbonyl (C=O) groups excluding carboxylic acids is 2. The van der Waals surface area contributed by atoms with Gasteiger partial charge in [-0.2, -0.15) is 0 Å². The van der Waals surface area contributed by atoms with E-state index in [1.165, 1.54) is 0 Å². The molecule has 2 amide bonds. The Morgan fingerprint density at radius 3 is 2.18 bits per heavy atom. The van der Waals surface area contributed by atoms with Crippen molar-refractivity contribution in [3.63, 3.8) is 0 Å². The molecule has 17 heavy (non-hydrogen) atoms. The van der Waals surface area contributed by atoms with E-state index in [4.69, 9.17) is 0 Å². The van der Waals surface area contributed by atoms with Crippen LogP contribution >= 0.6 is 0 Å². The van der Waals surface area contributed by atoms with Gasteiger partial charge in [0.25, 0.3) is 5.91 Å². The molecule has 0 aromatic heterocycles. The summed E-state index contributed by atoms with van der Waals surface area (Å²) in [6.45, 7) is 5.61. The van der Waals surface area contributed by atoms with Gasteiger partial charge in [0, 0.05) is 11.0 Å². The number of rotatable bonds is 3. The molecule has 0 radical (unpaired) electrons. The summed E-state index contributed by atoms with van der Waals surface area (Å²) in [7, 11) is 0. The van der Waals surface area contributed by atoms with Crippen molar-refractivity contribution in [1.82, 2.24) is 10.6 Å². The quantitative estimate of drug-likeness (QED) is 0.779. The summed E-state index contributed by atoms with van der Waals surface area (Å²) in [5, 5.41) is 5.28. The molecule has 4 heteroatoms. The Bertz CT molecular complexity index is 394. The zero-order valence-corrected chi connectivity index (χ0v) is 10.4. The summed E-state index contributed by atoms with van der Waals surface area (Å²) in [6, 6.07) is 8.88. The van der Waals surface area contributed by atoms with Crippen molar-refractivity contribution in [3.8, 4) is 0 Å². The van der Waals surface area contributed by atoms with Gasteiger partial charge in [-0.3, -0.25) is 9.59 Å². The van der Waals surface area contributed by atoms with E-state index in [1.807, 2.05) is 26.8 Å². The third kappa shape index (κ3) is 4.26. The number of carbonyl (C=O) groups is 2. The summed E-state index contributed by atoms with van der Waals surface area (Å²) in [5.74, 6) is -0.286. The Labute approximate surface area is 101 Å². The van der Waals surface area contributed by atoms with Gasteiger partial charge in [-0.05, 0) is 12.1 Å². The van der Waals surface area contributed by atoms with Crippen LogP contribution in [0.4, 0.5) is 0 Å². The third-order valence-corrected chi connectivity index (χ3v) is 2.22. The average Bonchev–Trinajstić information content (AvgIpc) is 2.28. The Morgan fingerprint density at radius 2 is 1.65 bits per heavy atom. The monoisotopic (exact) mass is 234 g/mol. The van der Waals surface area contributed by atoms with Gasteiger partial charge >= 0.3 is 0 Å². The standard InChI is InChI=1S/C13H18N2O2/c1-13(2,3)12(17)15-9-14-11(16)10-7-5-4-6-8-10/h4-8H,9H2,1-3H3,(H,14,16)(H,15,17). The first-order valence-electron chi connectivity index (χ1n) is 5.53. The number of amides is 2. The summed E-state index contributed by atoms with van der Waals surface area (Å²) in [5.41, 5.74) is 0.134. The second kappa shape index (κ2) is 5.48. The van der Waals surface area contributed by atoms with E-state index in [2.05, 4.69) is 10.6 Å². The first-order valence-corrected chi connectivity index (χ1v) is 5.53. The van der Waals surface area contributed by atoms with Crippen molar-refractivity contribution in [1.29, 1.82) is 0 Å². The van der Waals surface area contributed by atoms with Crippen molar-refractivity contribution in [2.45, 2.75) is 20.8 Å². The zero-order valence-electron chi connectivity index (χ0n) is 10.4. The molecule has 0 saturated carbocycles. The SMILES string of the molecule is CC(C)(C)C(=O)NCNC(=O)c1ccccc1. The fourth-order valence-electron chi connectivity index (χ4n) is 1.16. The maximum atomic E-state index is 11.6. The second-order valence-corrected chi connectivity index (χ2v) is 4.80. The molecule has 0 heterocycles. The Balaban J connectivity index is 2.38. The van der Waals surface area contributed by atoms with Gasteiger partial charge in [-0.1, -0.05) is 39.0 Å². The zero-order chi connectivity index (χ0) is 12.9. The highest BCUT2D eigenvalue weighted by Gasteiger charge is 2.20. The van der Waals surface area contributed by atoms with Gasteiger partial charge in [0.1, 0.15) is 0 Å². The molecule has 0 aliphatic rings. The van der Waals surface area contributed by atoms with E-state index in [9.17, 15) is 9.59 Å². The molecule has 2 N–H and O–H groups in total. The first-order chi connectivity index (χ1) is 7.91. The van der Waals surface area contributed by atoms with Crippen molar-refractivity contribution >= 4 is 11.8 Å². The van der Waals surface area contributed by atoms with Crippen molar-refractivity contribution < 1.29 is 9.59 Å². The lowest BCUT2D eigenvalue weighted by Gasteiger charge is -2.17. The first kappa shape index (κ1) is 13.2. The largest absolute Gasteiger partial charge is 0.338 e. The molecule has 0 aliphatic carbocycles. The van der Waals surface area contributed by atoms with E-state index in [0.29, 0.717) is 5.56 Å². The maximum absolute atomic E-state index is 11.6. The lowest BCUT2D eigenvalue weighted by atomic mass is 9.96. The molecule has 0 bridgehead atoms. The fourth-order valence-corrected chi connectivity index (χ4v) is 1.16. The van der Waals surface area contributed by atoms with Gasteiger partial charge < -0.3 is 10.6 Å². The van der Waals surface area contributed by atoms with Crippen LogP contribution in [0.15, 0.2) is 30.3 Å². The van der Waals surface area contributed by atoms with Crippen LogP contribution in [0.25, 0.3) is 0 Å². The van der Waals surface area contributed by atoms with Gasteiger partial charge in [-0.25, -0.2) is 0 Å². The van der Waals surface area contributed by atoms with E-state index in [0.717, 1.165) is 0 Å². The molecule has 92 valence electrons. The minimum atomic E-state index is -0.447. The Hall–Kier alpha value is -1.84. The topological polar surface area (TPSA) is 58.2 Å². The van der Waals surface area contributed by atoms with Crippen LogP contribution in [0.3, 0.4) is 0 Å². The summed E-state index contributed by atoms with van der Waals surface area (Å²) < 4.78 is 0. The van der Waals surface area contributed by atoms with Gasteiger partial charge in [0.05, 0.1) is 6.67 Å². The number of benzene rings is 1.